The summed E-state index contributed by atoms with van der Waals surface area (Å²) in [5.41, 5.74) is -0.537. The first-order chi connectivity index (χ1) is 13.0. The minimum absolute atomic E-state index is 0.258. The Morgan fingerprint density at radius 1 is 0.821 bits per heavy atom. The molecule has 154 valence electrons. The number of hydrogen-bond acceptors (Lipinski definition) is 4. The van der Waals surface area contributed by atoms with E-state index in [1.165, 1.54) is 0 Å². The molecule has 0 aromatic rings. The Hall–Kier alpha value is -1.72. The number of carboxylic acids is 2. The molecule has 0 heterocycles. The van der Waals surface area contributed by atoms with Crippen molar-refractivity contribution in [2.75, 3.05) is 13.1 Å². The van der Waals surface area contributed by atoms with E-state index in [0.717, 1.165) is 37.1 Å². The summed E-state index contributed by atoms with van der Waals surface area (Å²) >= 11 is 0. The molecule has 4 atom stereocenters. The van der Waals surface area contributed by atoms with Crippen LogP contribution in [0.5, 0.6) is 0 Å². The van der Waals surface area contributed by atoms with Gasteiger partial charge in [-0.15, -0.1) is 0 Å². The highest BCUT2D eigenvalue weighted by Crippen LogP contribution is 2.65. The lowest BCUT2D eigenvalue weighted by Crippen LogP contribution is -2.44. The van der Waals surface area contributed by atoms with Crippen LogP contribution in [0.2, 0.25) is 0 Å². The van der Waals surface area contributed by atoms with Gasteiger partial charge < -0.3 is 10.2 Å². The summed E-state index contributed by atoms with van der Waals surface area (Å²) in [5, 5.41) is 20.0. The third-order valence-electron chi connectivity index (χ3n) is 9.28. The van der Waals surface area contributed by atoms with Crippen molar-refractivity contribution in [2.24, 2.45) is 43.5 Å². The second kappa shape index (κ2) is 5.90. The number of aliphatic imine (C=N–C) groups is 2. The van der Waals surface area contributed by atoms with Crippen molar-refractivity contribution >= 4 is 23.4 Å². The number of carbonyl (C=O) groups is 2. The maximum atomic E-state index is 12.2. The van der Waals surface area contributed by atoms with Crippen molar-refractivity contribution in [2.45, 2.75) is 66.2 Å². The fourth-order valence-corrected chi connectivity index (χ4v) is 7.19. The third-order valence-corrected chi connectivity index (χ3v) is 9.28. The maximum Gasteiger partial charge on any atom is 0.315 e. The van der Waals surface area contributed by atoms with Gasteiger partial charge in [-0.2, -0.15) is 0 Å². The highest BCUT2D eigenvalue weighted by atomic mass is 16.4. The average molecular weight is 389 g/mol. The standard InChI is InChI=1S/C22H32N2O4/c1-19(2)13-5-7-21(19,17(25)26)15(11-13)23-9-10-24-16-12-14-6-8-22(16,18(27)28)20(14,3)4/h13-14H,5-12H2,1-4H3,(H,25,26)(H,27,28). The third kappa shape index (κ3) is 2.09. The number of nitrogens with zero attached hydrogens (tertiary/aromatic N) is 2. The highest BCUT2D eigenvalue weighted by Gasteiger charge is 2.68. The normalized spacial score (nSPS) is 42.6. The van der Waals surface area contributed by atoms with Gasteiger partial charge in [0.05, 0.1) is 13.1 Å². The van der Waals surface area contributed by atoms with Crippen LogP contribution in [-0.4, -0.2) is 46.7 Å². The monoisotopic (exact) mass is 388 g/mol. The van der Waals surface area contributed by atoms with E-state index in [4.69, 9.17) is 9.98 Å². The minimum Gasteiger partial charge on any atom is -0.481 e. The Balaban J connectivity index is 1.52. The molecule has 4 aliphatic carbocycles. The minimum atomic E-state index is -0.832. The van der Waals surface area contributed by atoms with Gasteiger partial charge in [-0.1, -0.05) is 27.7 Å². The van der Waals surface area contributed by atoms with Crippen molar-refractivity contribution in [3.05, 3.63) is 0 Å². The number of fused-ring (bicyclic) bond motifs is 4. The summed E-state index contributed by atoms with van der Waals surface area (Å²) in [6.45, 7) is 9.14. The van der Waals surface area contributed by atoms with Gasteiger partial charge in [-0.3, -0.25) is 19.6 Å². The lowest BCUT2D eigenvalue weighted by molar-refractivity contribution is -0.149. The second-order valence-corrected chi connectivity index (χ2v) is 10.4. The molecular weight excluding hydrogens is 356 g/mol. The van der Waals surface area contributed by atoms with Crippen LogP contribution in [-0.2, 0) is 9.59 Å². The van der Waals surface area contributed by atoms with Gasteiger partial charge in [-0.25, -0.2) is 0 Å². The van der Waals surface area contributed by atoms with Crippen molar-refractivity contribution < 1.29 is 19.8 Å². The molecule has 0 saturated heterocycles. The molecule has 0 aromatic carbocycles. The fraction of sp³-hybridized carbons (Fsp3) is 0.818. The Morgan fingerprint density at radius 2 is 1.18 bits per heavy atom. The number of carboxylic acid groups (broad SMARTS) is 2. The zero-order valence-corrected chi connectivity index (χ0v) is 17.4. The second-order valence-electron chi connectivity index (χ2n) is 10.4. The molecule has 0 amide bonds. The van der Waals surface area contributed by atoms with Crippen molar-refractivity contribution in [1.29, 1.82) is 0 Å². The molecule has 4 rings (SSSR count). The molecule has 0 aromatic heterocycles. The summed E-state index contributed by atoms with van der Waals surface area (Å²) in [4.78, 5) is 33.7. The first-order valence-corrected chi connectivity index (χ1v) is 10.6. The topological polar surface area (TPSA) is 99.3 Å². The summed E-state index contributed by atoms with van der Waals surface area (Å²) < 4.78 is 0. The largest absolute Gasteiger partial charge is 0.481 e. The van der Waals surface area contributed by atoms with Crippen LogP contribution in [0.15, 0.2) is 9.98 Å². The van der Waals surface area contributed by atoms with E-state index in [0.29, 0.717) is 37.8 Å². The van der Waals surface area contributed by atoms with E-state index in [-0.39, 0.29) is 10.8 Å². The van der Waals surface area contributed by atoms with Gasteiger partial charge in [0.15, 0.2) is 0 Å². The highest BCUT2D eigenvalue weighted by molar-refractivity contribution is 6.10. The molecular formula is C22H32N2O4. The van der Waals surface area contributed by atoms with E-state index in [1.54, 1.807) is 0 Å². The molecule has 4 bridgehead atoms. The number of hydrogen-bond donors (Lipinski definition) is 2. The zero-order chi connectivity index (χ0) is 20.5. The fourth-order valence-electron chi connectivity index (χ4n) is 7.19. The van der Waals surface area contributed by atoms with Gasteiger partial charge in [-0.05, 0) is 61.2 Å². The van der Waals surface area contributed by atoms with Crippen LogP contribution >= 0.6 is 0 Å². The summed E-state index contributed by atoms with van der Waals surface area (Å²) in [6.07, 6.45) is 4.79. The summed E-state index contributed by atoms with van der Waals surface area (Å²) in [7, 11) is 0. The van der Waals surface area contributed by atoms with Gasteiger partial charge in [0.25, 0.3) is 0 Å². The van der Waals surface area contributed by atoms with Crippen LogP contribution in [0.1, 0.15) is 66.2 Å². The molecule has 0 radical (unpaired) electrons. The zero-order valence-electron chi connectivity index (χ0n) is 17.4. The SMILES string of the molecule is CC1(C)C2CCC1(C(=O)O)C(=NCCN=C1CC3CCC1(C(=O)O)C3(C)C)C2. The first kappa shape index (κ1) is 19.6. The van der Waals surface area contributed by atoms with E-state index >= 15 is 0 Å². The predicted octanol–water partition coefficient (Wildman–Crippen LogP) is 3.69. The van der Waals surface area contributed by atoms with E-state index in [1.807, 2.05) is 0 Å². The van der Waals surface area contributed by atoms with Gasteiger partial charge in [0.2, 0.25) is 0 Å². The molecule has 4 fully saturated rings. The Bertz CT molecular complexity index is 730. The Labute approximate surface area is 166 Å². The number of rotatable bonds is 5. The molecule has 0 aliphatic heterocycles. The van der Waals surface area contributed by atoms with Crippen molar-refractivity contribution in [3.8, 4) is 0 Å². The van der Waals surface area contributed by atoms with Gasteiger partial charge >= 0.3 is 11.9 Å². The summed E-state index contributed by atoms with van der Waals surface area (Å²) in [5.74, 6) is -0.727. The summed E-state index contributed by atoms with van der Waals surface area (Å²) in [6, 6.07) is 0. The van der Waals surface area contributed by atoms with E-state index < -0.39 is 22.8 Å². The molecule has 6 nitrogen and oxygen atoms in total. The molecule has 0 spiro atoms. The Kier molecular flexibility index (Phi) is 4.12. The van der Waals surface area contributed by atoms with Crippen LogP contribution < -0.4 is 0 Å². The van der Waals surface area contributed by atoms with Gasteiger partial charge in [0.1, 0.15) is 10.8 Å². The quantitative estimate of drug-likeness (QED) is 0.702. The lowest BCUT2D eigenvalue weighted by atomic mass is 9.68. The molecule has 4 saturated carbocycles. The molecule has 2 N–H and O–H groups in total. The van der Waals surface area contributed by atoms with Crippen LogP contribution in [0.25, 0.3) is 0 Å². The van der Waals surface area contributed by atoms with Crippen LogP contribution in [0.3, 0.4) is 0 Å². The molecule has 4 unspecified atom stereocenters. The maximum absolute atomic E-state index is 12.2. The predicted molar refractivity (Wildman–Crippen MR) is 107 cm³/mol. The average Bonchev–Trinajstić information content (AvgIpc) is 3.19. The molecule has 6 heteroatoms. The number of aliphatic carboxylic acids is 2. The van der Waals surface area contributed by atoms with Crippen molar-refractivity contribution in [3.63, 3.8) is 0 Å². The Morgan fingerprint density at radius 3 is 1.46 bits per heavy atom. The lowest BCUT2D eigenvalue weighted by Gasteiger charge is -2.34. The van der Waals surface area contributed by atoms with Crippen molar-refractivity contribution in [1.82, 2.24) is 0 Å². The van der Waals surface area contributed by atoms with E-state index in [9.17, 15) is 19.8 Å². The molecule has 4 aliphatic rings. The first-order valence-electron chi connectivity index (χ1n) is 10.6. The van der Waals surface area contributed by atoms with Crippen LogP contribution in [0, 0.1) is 33.5 Å². The smallest absolute Gasteiger partial charge is 0.315 e. The van der Waals surface area contributed by atoms with Gasteiger partial charge in [0, 0.05) is 11.4 Å². The van der Waals surface area contributed by atoms with Crippen LogP contribution in [0.4, 0.5) is 0 Å². The van der Waals surface area contributed by atoms with E-state index in [2.05, 4.69) is 27.7 Å². The molecule has 28 heavy (non-hydrogen) atoms.